The maximum absolute atomic E-state index is 11.3. The average molecular weight is 299 g/mol. The van der Waals surface area contributed by atoms with Crippen molar-refractivity contribution < 1.29 is 9.53 Å². The molecule has 1 amide bonds. The van der Waals surface area contributed by atoms with E-state index in [1.807, 2.05) is 11.0 Å². The molecule has 1 aliphatic heterocycles. The zero-order chi connectivity index (χ0) is 12.3. The first-order chi connectivity index (χ1) is 8.15. The Morgan fingerprint density at radius 3 is 3.12 bits per heavy atom. The van der Waals surface area contributed by atoms with Crippen LogP contribution in [0.4, 0.5) is 0 Å². The first kappa shape index (κ1) is 12.4. The normalized spacial score (nSPS) is 20.1. The lowest BCUT2D eigenvalue weighted by molar-refractivity contribution is -0.131. The Balaban J connectivity index is 1.97. The van der Waals surface area contributed by atoms with Crippen molar-refractivity contribution in [2.75, 3.05) is 13.1 Å². The van der Waals surface area contributed by atoms with Gasteiger partial charge in [-0.3, -0.25) is 9.78 Å². The Morgan fingerprint density at radius 1 is 1.59 bits per heavy atom. The quantitative estimate of drug-likeness (QED) is 0.841. The van der Waals surface area contributed by atoms with E-state index in [4.69, 9.17) is 4.74 Å². The van der Waals surface area contributed by atoms with Gasteiger partial charge in [-0.05, 0) is 34.8 Å². The summed E-state index contributed by atoms with van der Waals surface area (Å²) in [5.74, 6) is 0.862. The van der Waals surface area contributed by atoms with Crippen molar-refractivity contribution in [2.24, 2.45) is 0 Å². The Kier molecular flexibility index (Phi) is 3.99. The van der Waals surface area contributed by atoms with Gasteiger partial charge >= 0.3 is 0 Å². The Bertz CT molecular complexity index is 411. The van der Waals surface area contributed by atoms with Crippen molar-refractivity contribution in [1.82, 2.24) is 9.88 Å². The number of aromatic nitrogens is 1. The minimum absolute atomic E-state index is 0.0729. The second kappa shape index (κ2) is 5.49. The van der Waals surface area contributed by atoms with Crippen LogP contribution in [0.5, 0.6) is 5.75 Å². The van der Waals surface area contributed by atoms with Crippen LogP contribution < -0.4 is 4.74 Å². The monoisotopic (exact) mass is 298 g/mol. The van der Waals surface area contributed by atoms with E-state index in [2.05, 4.69) is 20.9 Å². The van der Waals surface area contributed by atoms with Gasteiger partial charge in [0.25, 0.3) is 0 Å². The van der Waals surface area contributed by atoms with E-state index in [-0.39, 0.29) is 12.0 Å². The van der Waals surface area contributed by atoms with Crippen molar-refractivity contribution in [3.63, 3.8) is 0 Å². The van der Waals surface area contributed by atoms with Gasteiger partial charge in [0.1, 0.15) is 11.9 Å². The molecular formula is C12H15BrN2O2. The predicted molar refractivity (Wildman–Crippen MR) is 67.8 cm³/mol. The van der Waals surface area contributed by atoms with Crippen molar-refractivity contribution in [3.8, 4) is 5.75 Å². The molecule has 2 heterocycles. The standard InChI is InChI=1S/C12H15BrN2O2/c1-9(16)15-4-2-3-11(8-15)17-12-5-10(13)6-14-7-12/h5-7,11H,2-4,8H2,1H3. The number of nitrogens with zero attached hydrogens (tertiary/aromatic N) is 2. The van der Waals surface area contributed by atoms with E-state index in [1.54, 1.807) is 19.3 Å². The number of hydrogen-bond donors (Lipinski definition) is 0. The second-order valence-electron chi connectivity index (χ2n) is 4.19. The van der Waals surface area contributed by atoms with Gasteiger partial charge in [0, 0.05) is 24.1 Å². The van der Waals surface area contributed by atoms with Gasteiger partial charge in [-0.15, -0.1) is 0 Å². The zero-order valence-corrected chi connectivity index (χ0v) is 11.3. The van der Waals surface area contributed by atoms with Gasteiger partial charge in [0.15, 0.2) is 0 Å². The summed E-state index contributed by atoms with van der Waals surface area (Å²) in [7, 11) is 0. The average Bonchev–Trinajstić information content (AvgIpc) is 2.29. The lowest BCUT2D eigenvalue weighted by atomic mass is 10.1. The van der Waals surface area contributed by atoms with E-state index >= 15 is 0 Å². The SMILES string of the molecule is CC(=O)N1CCCC(Oc2cncc(Br)c2)C1. The smallest absolute Gasteiger partial charge is 0.219 e. The number of pyridine rings is 1. The van der Waals surface area contributed by atoms with Crippen molar-refractivity contribution in [1.29, 1.82) is 0 Å². The molecule has 0 aliphatic carbocycles. The first-order valence-corrected chi connectivity index (χ1v) is 6.47. The number of carbonyl (C=O) groups excluding carboxylic acids is 1. The van der Waals surface area contributed by atoms with Gasteiger partial charge in [-0.2, -0.15) is 0 Å². The van der Waals surface area contributed by atoms with Gasteiger partial charge in [0.2, 0.25) is 5.91 Å². The third-order valence-corrected chi connectivity index (χ3v) is 3.24. The molecule has 92 valence electrons. The minimum atomic E-state index is 0.0729. The summed E-state index contributed by atoms with van der Waals surface area (Å²) in [6.45, 7) is 3.11. The van der Waals surface area contributed by atoms with Gasteiger partial charge in [-0.25, -0.2) is 0 Å². The largest absolute Gasteiger partial charge is 0.487 e. The van der Waals surface area contributed by atoms with Crippen molar-refractivity contribution >= 4 is 21.8 Å². The summed E-state index contributed by atoms with van der Waals surface area (Å²) in [6, 6.07) is 1.89. The maximum atomic E-state index is 11.3. The van der Waals surface area contributed by atoms with Crippen LogP contribution in [0, 0.1) is 0 Å². The molecule has 0 radical (unpaired) electrons. The van der Waals surface area contributed by atoms with E-state index in [0.717, 1.165) is 29.6 Å². The van der Waals surface area contributed by atoms with Crippen LogP contribution in [-0.4, -0.2) is 35.0 Å². The Hall–Kier alpha value is -1.10. The predicted octanol–water partition coefficient (Wildman–Crippen LogP) is 2.23. The number of likely N-dealkylation sites (tertiary alicyclic amines) is 1. The highest BCUT2D eigenvalue weighted by atomic mass is 79.9. The maximum Gasteiger partial charge on any atom is 0.219 e. The van der Waals surface area contributed by atoms with Crippen LogP contribution in [0.3, 0.4) is 0 Å². The lowest BCUT2D eigenvalue weighted by Crippen LogP contribution is -2.43. The van der Waals surface area contributed by atoms with Crippen LogP contribution in [0.2, 0.25) is 0 Å². The lowest BCUT2D eigenvalue weighted by Gasteiger charge is -2.32. The fraction of sp³-hybridized carbons (Fsp3) is 0.500. The molecule has 17 heavy (non-hydrogen) atoms. The number of halogens is 1. The highest BCUT2D eigenvalue weighted by molar-refractivity contribution is 9.10. The molecule has 1 aromatic rings. The summed E-state index contributed by atoms with van der Waals surface area (Å²) in [5.41, 5.74) is 0. The fourth-order valence-corrected chi connectivity index (χ4v) is 2.31. The molecule has 0 spiro atoms. The van der Waals surface area contributed by atoms with Crippen LogP contribution >= 0.6 is 15.9 Å². The fourth-order valence-electron chi connectivity index (χ4n) is 1.97. The number of rotatable bonds is 2. The third-order valence-electron chi connectivity index (χ3n) is 2.81. The Morgan fingerprint density at radius 2 is 2.41 bits per heavy atom. The highest BCUT2D eigenvalue weighted by Gasteiger charge is 2.22. The van der Waals surface area contributed by atoms with E-state index in [0.29, 0.717) is 6.54 Å². The first-order valence-electron chi connectivity index (χ1n) is 5.68. The number of carbonyl (C=O) groups is 1. The molecule has 5 heteroatoms. The molecule has 0 N–H and O–H groups in total. The summed E-state index contributed by atoms with van der Waals surface area (Å²) in [6.07, 6.45) is 5.46. The van der Waals surface area contributed by atoms with Crippen LogP contribution in [0.1, 0.15) is 19.8 Å². The zero-order valence-electron chi connectivity index (χ0n) is 9.73. The second-order valence-corrected chi connectivity index (χ2v) is 5.10. The number of piperidine rings is 1. The van der Waals surface area contributed by atoms with Crippen molar-refractivity contribution in [3.05, 3.63) is 22.9 Å². The molecule has 0 bridgehead atoms. The molecule has 0 saturated carbocycles. The molecular weight excluding hydrogens is 284 g/mol. The molecule has 0 aromatic carbocycles. The van der Waals surface area contributed by atoms with Crippen molar-refractivity contribution in [2.45, 2.75) is 25.9 Å². The highest BCUT2D eigenvalue weighted by Crippen LogP contribution is 2.20. The molecule has 1 fully saturated rings. The van der Waals surface area contributed by atoms with Crippen LogP contribution in [0.15, 0.2) is 22.9 Å². The van der Waals surface area contributed by atoms with Gasteiger partial charge in [-0.1, -0.05) is 0 Å². The molecule has 1 unspecified atom stereocenters. The number of amides is 1. The summed E-state index contributed by atoms with van der Waals surface area (Å²) < 4.78 is 6.73. The van der Waals surface area contributed by atoms with Gasteiger partial charge < -0.3 is 9.64 Å². The topological polar surface area (TPSA) is 42.4 Å². The number of ether oxygens (including phenoxy) is 1. The minimum Gasteiger partial charge on any atom is -0.487 e. The molecule has 1 aliphatic rings. The molecule has 4 nitrogen and oxygen atoms in total. The number of hydrogen-bond acceptors (Lipinski definition) is 3. The van der Waals surface area contributed by atoms with Gasteiger partial charge in [0.05, 0.1) is 12.7 Å². The molecule has 2 rings (SSSR count). The Labute approximate surface area is 109 Å². The molecule has 1 aromatic heterocycles. The summed E-state index contributed by atoms with van der Waals surface area (Å²) in [4.78, 5) is 17.2. The van der Waals surface area contributed by atoms with Crippen LogP contribution in [0.25, 0.3) is 0 Å². The summed E-state index contributed by atoms with van der Waals surface area (Å²) in [5, 5.41) is 0. The molecule has 1 atom stereocenters. The molecule has 1 saturated heterocycles. The van der Waals surface area contributed by atoms with E-state index in [1.165, 1.54) is 0 Å². The van der Waals surface area contributed by atoms with E-state index in [9.17, 15) is 4.79 Å². The van der Waals surface area contributed by atoms with E-state index < -0.39 is 0 Å². The third kappa shape index (κ3) is 3.43. The van der Waals surface area contributed by atoms with Crippen LogP contribution in [-0.2, 0) is 4.79 Å². The summed E-state index contributed by atoms with van der Waals surface area (Å²) >= 11 is 3.36.